The van der Waals surface area contributed by atoms with Crippen LogP contribution in [-0.4, -0.2) is 105 Å². The van der Waals surface area contributed by atoms with Crippen molar-refractivity contribution in [3.63, 3.8) is 0 Å². The van der Waals surface area contributed by atoms with Gasteiger partial charge in [-0.25, -0.2) is 16.8 Å². The number of fused-ring (bicyclic) bond motifs is 2. The molecule has 4 aliphatic carbocycles. The lowest BCUT2D eigenvalue weighted by Gasteiger charge is -2.14. The van der Waals surface area contributed by atoms with E-state index in [2.05, 4.69) is 54.7 Å². The summed E-state index contributed by atoms with van der Waals surface area (Å²) in [6.45, 7) is 16.4. The highest BCUT2D eigenvalue weighted by molar-refractivity contribution is 7.92. The van der Waals surface area contributed by atoms with E-state index in [0.29, 0.717) is 54.0 Å². The molecule has 0 aromatic carbocycles. The summed E-state index contributed by atoms with van der Waals surface area (Å²) in [5, 5.41) is -0.0440. The molecule has 4 saturated heterocycles. The average molecular weight is 902 g/mol. The lowest BCUT2D eigenvalue weighted by atomic mass is 9.91. The van der Waals surface area contributed by atoms with Crippen molar-refractivity contribution >= 4 is 90.4 Å². The minimum Gasteiger partial charge on any atom is -0.270 e. The summed E-state index contributed by atoms with van der Waals surface area (Å²) >= 11 is 14.1. The molecule has 4 saturated carbocycles. The first-order valence-electron chi connectivity index (χ1n) is 18.7. The third-order valence-corrected chi connectivity index (χ3v) is 16.4. The fourth-order valence-electron chi connectivity index (χ4n) is 7.59. The molecule has 8 fully saturated rings. The number of sulfone groups is 2. The van der Waals surface area contributed by atoms with Crippen LogP contribution in [0.3, 0.4) is 0 Å². The van der Waals surface area contributed by atoms with Crippen molar-refractivity contribution in [2.24, 2.45) is 29.6 Å². The molecule has 8 unspecified atom stereocenters. The van der Waals surface area contributed by atoms with Gasteiger partial charge in [0.05, 0.1) is 46.2 Å². The topological polar surface area (TPSA) is 155 Å². The van der Waals surface area contributed by atoms with Crippen LogP contribution in [-0.2, 0) is 48.3 Å². The SMILES string of the molecule is CC.CC.CC.CC.CS.CS.CS.CS.O=S1(=O)CC2CC3CC2C1C3.O=S1(=O)CCCC1.O=S1(=O)CCCO1.O=S1(=O)OC2CC3CC2C1C3. The van der Waals surface area contributed by atoms with Crippen molar-refractivity contribution in [3.8, 4) is 0 Å². The van der Waals surface area contributed by atoms with Gasteiger partial charge in [0, 0.05) is 5.92 Å². The van der Waals surface area contributed by atoms with Crippen molar-refractivity contribution < 1.29 is 42.0 Å². The molecule has 0 spiro atoms. The monoisotopic (exact) mass is 900 g/mol. The molecule has 4 bridgehead atoms. The zero-order valence-electron chi connectivity index (χ0n) is 34.0. The molecule has 0 aromatic rings. The highest BCUT2D eigenvalue weighted by atomic mass is 32.2. The second-order valence-corrected chi connectivity index (χ2v) is 19.7. The van der Waals surface area contributed by atoms with E-state index in [1.807, 2.05) is 55.4 Å². The van der Waals surface area contributed by atoms with Crippen LogP contribution in [0.15, 0.2) is 0 Å². The molecule has 52 heavy (non-hydrogen) atoms. The second-order valence-electron chi connectivity index (χ2n) is 11.6. The van der Waals surface area contributed by atoms with Crippen LogP contribution in [0.2, 0.25) is 0 Å². The van der Waals surface area contributed by atoms with Gasteiger partial charge in [0.25, 0.3) is 20.2 Å². The number of thiol groups is 4. The highest BCUT2D eigenvalue weighted by Gasteiger charge is 2.59. The van der Waals surface area contributed by atoms with Gasteiger partial charge in [0.1, 0.15) is 9.84 Å². The van der Waals surface area contributed by atoms with Crippen molar-refractivity contribution in [1.29, 1.82) is 0 Å². The van der Waals surface area contributed by atoms with Crippen molar-refractivity contribution in [3.05, 3.63) is 0 Å². The third kappa shape index (κ3) is 19.5. The zero-order valence-corrected chi connectivity index (χ0v) is 40.9. The molecule has 0 N–H and O–H groups in total. The van der Waals surface area contributed by atoms with E-state index in [1.54, 1.807) is 25.0 Å². The van der Waals surface area contributed by atoms with Gasteiger partial charge >= 0.3 is 0 Å². The van der Waals surface area contributed by atoms with E-state index in [4.69, 9.17) is 4.18 Å². The predicted molar refractivity (Wildman–Crippen MR) is 238 cm³/mol. The summed E-state index contributed by atoms with van der Waals surface area (Å²) in [4.78, 5) is 0. The van der Waals surface area contributed by atoms with Crippen LogP contribution in [0.4, 0.5) is 0 Å². The quantitative estimate of drug-likeness (QED) is 0.142. The molecule has 320 valence electrons. The molecule has 8 rings (SSSR count). The molecule has 18 heteroatoms. The van der Waals surface area contributed by atoms with Crippen LogP contribution >= 0.6 is 50.5 Å². The number of hydrogen-bond donors (Lipinski definition) is 4. The smallest absolute Gasteiger partial charge is 0.270 e. The van der Waals surface area contributed by atoms with Crippen LogP contribution in [0.25, 0.3) is 0 Å². The third-order valence-electron chi connectivity index (χ3n) is 9.08. The Morgan fingerprint density at radius 3 is 1.21 bits per heavy atom. The Labute approximate surface area is 344 Å². The summed E-state index contributed by atoms with van der Waals surface area (Å²) < 4.78 is 96.1. The Kier molecular flexibility index (Phi) is 36.9. The van der Waals surface area contributed by atoms with Gasteiger partial charge < -0.3 is 0 Å². The molecular formula is C34H76O10S8. The summed E-state index contributed by atoms with van der Waals surface area (Å²) in [5.41, 5.74) is 0. The van der Waals surface area contributed by atoms with Crippen molar-refractivity contribution in [2.75, 3.05) is 54.6 Å². The maximum Gasteiger partial charge on any atom is 0.270 e. The minimum absolute atomic E-state index is 0.0590. The summed E-state index contributed by atoms with van der Waals surface area (Å²) in [5.74, 6) is 4.46. The predicted octanol–water partition coefficient (Wildman–Crippen LogP) is 7.56. The van der Waals surface area contributed by atoms with Gasteiger partial charge in [0.2, 0.25) is 0 Å². The van der Waals surface area contributed by atoms with Crippen molar-refractivity contribution in [2.45, 2.75) is 130 Å². The molecular weight excluding hydrogens is 825 g/mol. The van der Waals surface area contributed by atoms with Gasteiger partial charge in [0.15, 0.2) is 9.84 Å². The molecule has 0 radical (unpaired) electrons. The normalized spacial score (nSPS) is 32.6. The lowest BCUT2D eigenvalue weighted by molar-refractivity contribution is 0.196. The van der Waals surface area contributed by atoms with Crippen LogP contribution in [0, 0.1) is 29.6 Å². The molecule has 4 aliphatic heterocycles. The van der Waals surface area contributed by atoms with E-state index in [-0.39, 0.29) is 22.4 Å². The second kappa shape index (κ2) is 32.1. The average Bonchev–Trinajstić information content (AvgIpc) is 4.05. The summed E-state index contributed by atoms with van der Waals surface area (Å²) in [7, 11) is -11.4. The van der Waals surface area contributed by atoms with Crippen LogP contribution < -0.4 is 0 Å². The fraction of sp³-hybridized carbons (Fsp3) is 1.00. The minimum atomic E-state index is -3.13. The first-order chi connectivity index (χ1) is 24.7. The maximum absolute atomic E-state index is 11.5. The van der Waals surface area contributed by atoms with Crippen LogP contribution in [0.1, 0.15) is 113 Å². The Bertz CT molecular complexity index is 1160. The van der Waals surface area contributed by atoms with Gasteiger partial charge in [-0.1, -0.05) is 55.4 Å². The van der Waals surface area contributed by atoms with E-state index in [9.17, 15) is 33.7 Å². The highest BCUT2D eigenvalue weighted by Crippen LogP contribution is 2.56. The van der Waals surface area contributed by atoms with Gasteiger partial charge in [-0.15, -0.1) is 0 Å². The molecule has 10 nitrogen and oxygen atoms in total. The first-order valence-corrected chi connectivity index (χ1v) is 28.9. The van der Waals surface area contributed by atoms with Gasteiger partial charge in [-0.3, -0.25) is 8.37 Å². The van der Waals surface area contributed by atoms with E-state index in [1.165, 1.54) is 12.8 Å². The Balaban J connectivity index is -0.000000265. The van der Waals surface area contributed by atoms with Gasteiger partial charge in [-0.2, -0.15) is 67.4 Å². The number of hydrogen-bond acceptors (Lipinski definition) is 14. The standard InChI is InChI=1S/C8H12O2S.C7H10O3S.C4H8O2S.C3H6O3S.4C2H6.4CH4S/c9-11(10)4-6-1-5-2-7(6)8(11)3-5;8-11(9)7-3-4-1-5(7)6(2-4)10-11;5-7(6)3-1-2-4-7;4-7(5)3-1-2-6-7;8*1-2/h5-8H,1-4H2;4-7H,1-3H2;1-4H2;1-3H2;4*1-2H3;4*2H,1H3. The fourth-order valence-corrected chi connectivity index (χ4v) is 14.6. The Hall–Kier alpha value is 1.12. The lowest BCUT2D eigenvalue weighted by Crippen LogP contribution is -2.21. The van der Waals surface area contributed by atoms with Gasteiger partial charge in [-0.05, 0) is 106 Å². The maximum atomic E-state index is 11.5. The molecule has 8 atom stereocenters. The Morgan fingerprint density at radius 2 is 0.942 bits per heavy atom. The van der Waals surface area contributed by atoms with Crippen molar-refractivity contribution in [1.82, 2.24) is 0 Å². The number of rotatable bonds is 0. The van der Waals surface area contributed by atoms with Crippen LogP contribution in [0.5, 0.6) is 0 Å². The summed E-state index contributed by atoms with van der Waals surface area (Å²) in [6.07, 6.45) is 15.6. The molecule has 4 heterocycles. The van der Waals surface area contributed by atoms with E-state index in [0.717, 1.165) is 44.4 Å². The largest absolute Gasteiger partial charge is 0.270 e. The molecule has 8 aliphatic rings. The molecule has 0 aromatic heterocycles. The summed E-state index contributed by atoms with van der Waals surface area (Å²) in [6, 6.07) is 0. The zero-order chi connectivity index (χ0) is 41.9. The molecule has 0 amide bonds. The first kappa shape index (κ1) is 59.8. The van der Waals surface area contributed by atoms with E-state index >= 15 is 0 Å². The Morgan fingerprint density at radius 1 is 0.500 bits per heavy atom. The van der Waals surface area contributed by atoms with E-state index < -0.39 is 39.9 Å².